The first-order valence-corrected chi connectivity index (χ1v) is 10.8. The number of rotatable bonds is 4. The summed E-state index contributed by atoms with van der Waals surface area (Å²) in [5.41, 5.74) is 0.633. The molecule has 1 fully saturated rings. The topological polar surface area (TPSA) is 66.5 Å². The number of sulfonamides is 1. The van der Waals surface area contributed by atoms with Crippen LogP contribution in [0.2, 0.25) is 10.0 Å². The number of hydrogen-bond acceptors (Lipinski definition) is 3. The largest absolute Gasteiger partial charge is 0.322 e. The quantitative estimate of drug-likeness (QED) is 0.688. The van der Waals surface area contributed by atoms with E-state index in [2.05, 4.69) is 21.2 Å². The number of hydrogen-bond donors (Lipinski definition) is 1. The molecule has 0 aliphatic carbocycles. The van der Waals surface area contributed by atoms with Gasteiger partial charge in [0.05, 0.1) is 10.5 Å². The zero-order chi connectivity index (χ0) is 18.9. The van der Waals surface area contributed by atoms with Crippen molar-refractivity contribution >= 4 is 60.7 Å². The molecule has 2 aromatic rings. The second kappa shape index (κ2) is 7.86. The normalized spacial score (nSPS) is 15.2. The number of halogens is 3. The van der Waals surface area contributed by atoms with Crippen molar-refractivity contribution in [3.8, 4) is 0 Å². The second-order valence-electron chi connectivity index (χ2n) is 5.87. The Morgan fingerprint density at radius 3 is 2.27 bits per heavy atom. The van der Waals surface area contributed by atoms with E-state index >= 15 is 0 Å². The van der Waals surface area contributed by atoms with E-state index in [4.69, 9.17) is 23.2 Å². The first kappa shape index (κ1) is 19.6. The number of amides is 1. The van der Waals surface area contributed by atoms with Crippen molar-refractivity contribution in [2.75, 3.05) is 18.4 Å². The van der Waals surface area contributed by atoms with Crippen LogP contribution in [0.4, 0.5) is 5.69 Å². The Morgan fingerprint density at radius 1 is 1.04 bits per heavy atom. The highest BCUT2D eigenvalue weighted by molar-refractivity contribution is 9.10. The molecule has 1 heterocycles. The fourth-order valence-corrected chi connectivity index (χ4v) is 5.24. The van der Waals surface area contributed by atoms with Gasteiger partial charge in [0.15, 0.2) is 0 Å². The van der Waals surface area contributed by atoms with E-state index in [1.165, 1.54) is 16.4 Å². The Balaban J connectivity index is 1.91. The number of carbonyl (C=O) groups is 1. The molecule has 0 unspecified atom stereocenters. The Kier molecular flexibility index (Phi) is 5.94. The van der Waals surface area contributed by atoms with Gasteiger partial charge in [-0.3, -0.25) is 4.79 Å². The molecule has 0 aromatic heterocycles. The molecule has 2 aromatic carbocycles. The van der Waals surface area contributed by atoms with E-state index in [0.29, 0.717) is 33.3 Å². The first-order valence-electron chi connectivity index (χ1n) is 7.84. The van der Waals surface area contributed by atoms with Gasteiger partial charge in [-0.1, -0.05) is 23.2 Å². The molecule has 1 aliphatic rings. The lowest BCUT2D eigenvalue weighted by molar-refractivity contribution is 0.102. The van der Waals surface area contributed by atoms with Crippen LogP contribution >= 0.6 is 39.1 Å². The highest BCUT2D eigenvalue weighted by atomic mass is 79.9. The van der Waals surface area contributed by atoms with Crippen LogP contribution in [-0.4, -0.2) is 31.7 Å². The number of anilines is 1. The molecular formula is C17H15BrCl2N2O3S. The maximum absolute atomic E-state index is 12.7. The minimum absolute atomic E-state index is 0.0943. The predicted octanol–water partition coefficient (Wildman–Crippen LogP) is 4.79. The molecule has 5 nitrogen and oxygen atoms in total. The molecule has 0 bridgehead atoms. The van der Waals surface area contributed by atoms with Crippen LogP contribution in [0.3, 0.4) is 0 Å². The molecule has 0 radical (unpaired) electrons. The van der Waals surface area contributed by atoms with Crippen molar-refractivity contribution in [3.05, 3.63) is 56.5 Å². The van der Waals surface area contributed by atoms with Crippen molar-refractivity contribution in [1.29, 1.82) is 0 Å². The van der Waals surface area contributed by atoms with Crippen molar-refractivity contribution < 1.29 is 13.2 Å². The number of nitrogens with zero attached hydrogens (tertiary/aromatic N) is 1. The Labute approximate surface area is 170 Å². The molecule has 9 heteroatoms. The van der Waals surface area contributed by atoms with Gasteiger partial charge in [-0.2, -0.15) is 4.31 Å². The van der Waals surface area contributed by atoms with Crippen LogP contribution in [-0.2, 0) is 10.0 Å². The standard InChI is InChI=1S/C17H15BrCl2N2O3S/c18-16-4-3-14(26(24,25)22-5-1-2-6-22)10-15(16)17(23)21-13-8-11(19)7-12(20)9-13/h3-4,7-10H,1-2,5-6H2,(H,21,23). The average Bonchev–Trinajstić information content (AvgIpc) is 3.09. The van der Waals surface area contributed by atoms with E-state index in [9.17, 15) is 13.2 Å². The third-order valence-corrected chi connectivity index (χ3v) is 7.03. The van der Waals surface area contributed by atoms with Gasteiger partial charge in [-0.05, 0) is 65.2 Å². The van der Waals surface area contributed by atoms with Crippen molar-refractivity contribution in [2.45, 2.75) is 17.7 Å². The van der Waals surface area contributed by atoms with E-state index in [1.54, 1.807) is 24.3 Å². The Morgan fingerprint density at radius 2 is 1.65 bits per heavy atom. The number of carbonyl (C=O) groups excluding carboxylic acids is 1. The second-order valence-corrected chi connectivity index (χ2v) is 9.53. The minimum Gasteiger partial charge on any atom is -0.322 e. The van der Waals surface area contributed by atoms with Gasteiger partial charge in [-0.25, -0.2) is 8.42 Å². The van der Waals surface area contributed by atoms with Crippen LogP contribution in [0.1, 0.15) is 23.2 Å². The smallest absolute Gasteiger partial charge is 0.256 e. The highest BCUT2D eigenvalue weighted by Gasteiger charge is 2.28. The molecule has 1 amide bonds. The summed E-state index contributed by atoms with van der Waals surface area (Å²) in [4.78, 5) is 12.7. The molecule has 26 heavy (non-hydrogen) atoms. The summed E-state index contributed by atoms with van der Waals surface area (Å²) in [6.45, 7) is 1.00. The van der Waals surface area contributed by atoms with Gasteiger partial charge < -0.3 is 5.32 Å². The molecule has 0 atom stereocenters. The average molecular weight is 478 g/mol. The number of benzene rings is 2. The van der Waals surface area contributed by atoms with Gasteiger partial charge in [0, 0.05) is 33.3 Å². The summed E-state index contributed by atoms with van der Waals surface area (Å²) in [6.07, 6.45) is 1.69. The van der Waals surface area contributed by atoms with Crippen molar-refractivity contribution in [3.63, 3.8) is 0 Å². The van der Waals surface area contributed by atoms with Gasteiger partial charge in [0.2, 0.25) is 10.0 Å². The van der Waals surface area contributed by atoms with E-state index in [0.717, 1.165) is 12.8 Å². The molecule has 3 rings (SSSR count). The summed E-state index contributed by atoms with van der Waals surface area (Å²) in [5.74, 6) is -0.464. The third-order valence-electron chi connectivity index (χ3n) is 4.01. The molecule has 1 saturated heterocycles. The monoisotopic (exact) mass is 476 g/mol. The fraction of sp³-hybridized carbons (Fsp3) is 0.235. The predicted molar refractivity (Wildman–Crippen MR) is 107 cm³/mol. The highest BCUT2D eigenvalue weighted by Crippen LogP contribution is 2.27. The Bertz CT molecular complexity index is 940. The van der Waals surface area contributed by atoms with E-state index < -0.39 is 15.9 Å². The summed E-state index contributed by atoms with van der Waals surface area (Å²) in [6, 6.07) is 9.10. The van der Waals surface area contributed by atoms with Crippen LogP contribution in [0.5, 0.6) is 0 Å². The van der Waals surface area contributed by atoms with Crippen molar-refractivity contribution in [2.24, 2.45) is 0 Å². The van der Waals surface area contributed by atoms with Gasteiger partial charge in [0.25, 0.3) is 5.91 Å². The maximum atomic E-state index is 12.7. The summed E-state index contributed by atoms with van der Waals surface area (Å²) >= 11 is 15.2. The first-order chi connectivity index (χ1) is 12.3. The molecular weight excluding hydrogens is 463 g/mol. The van der Waals surface area contributed by atoms with Crippen LogP contribution in [0.25, 0.3) is 0 Å². The molecule has 0 saturated carbocycles. The SMILES string of the molecule is O=C(Nc1cc(Cl)cc(Cl)c1)c1cc(S(=O)(=O)N2CCCC2)ccc1Br. The summed E-state index contributed by atoms with van der Waals surface area (Å²) in [7, 11) is -3.61. The van der Waals surface area contributed by atoms with Gasteiger partial charge in [0.1, 0.15) is 0 Å². The lowest BCUT2D eigenvalue weighted by Gasteiger charge is -2.16. The Hall–Kier alpha value is -1.12. The van der Waals surface area contributed by atoms with E-state index in [1.807, 2.05) is 0 Å². The zero-order valence-electron chi connectivity index (χ0n) is 13.5. The van der Waals surface area contributed by atoms with Crippen LogP contribution in [0, 0.1) is 0 Å². The van der Waals surface area contributed by atoms with Gasteiger partial charge in [-0.15, -0.1) is 0 Å². The zero-order valence-corrected chi connectivity index (χ0v) is 17.4. The molecule has 0 spiro atoms. The third kappa shape index (κ3) is 4.23. The molecule has 1 N–H and O–H groups in total. The fourth-order valence-electron chi connectivity index (χ4n) is 2.74. The lowest BCUT2D eigenvalue weighted by atomic mass is 10.2. The number of nitrogens with one attached hydrogen (secondary N) is 1. The van der Waals surface area contributed by atoms with Crippen LogP contribution in [0.15, 0.2) is 45.8 Å². The molecule has 1 aliphatic heterocycles. The summed E-state index contributed by atoms with van der Waals surface area (Å²) < 4.78 is 27.4. The van der Waals surface area contributed by atoms with Crippen molar-refractivity contribution in [1.82, 2.24) is 4.31 Å². The van der Waals surface area contributed by atoms with Gasteiger partial charge >= 0.3 is 0 Å². The van der Waals surface area contributed by atoms with Crippen LogP contribution < -0.4 is 5.32 Å². The molecule has 138 valence electrons. The lowest BCUT2D eigenvalue weighted by Crippen LogP contribution is -2.28. The maximum Gasteiger partial charge on any atom is 0.256 e. The summed E-state index contributed by atoms with van der Waals surface area (Å²) in [5, 5.41) is 3.46. The van der Waals surface area contributed by atoms with E-state index in [-0.39, 0.29) is 10.5 Å². The minimum atomic E-state index is -3.61.